The van der Waals surface area contributed by atoms with E-state index >= 15 is 0 Å². The normalized spacial score (nSPS) is 40.2. The van der Waals surface area contributed by atoms with E-state index in [1.54, 1.807) is 0 Å². The maximum Gasteiger partial charge on any atom is 0.248 e. The molecule has 0 bridgehead atoms. The molecule has 6 atom stereocenters. The number of nitrogens with zero attached hydrogens (tertiary/aromatic N) is 4. The summed E-state index contributed by atoms with van der Waals surface area (Å²) in [5.74, 6) is -0.494. The highest BCUT2D eigenvalue weighted by molar-refractivity contribution is 5.77. The first-order valence-corrected chi connectivity index (χ1v) is 6.33. The average Bonchev–Trinajstić information content (AvgIpc) is 2.78. The van der Waals surface area contributed by atoms with Crippen LogP contribution in [0.2, 0.25) is 0 Å². The highest BCUT2D eigenvalue weighted by atomic mass is 16.8. The summed E-state index contributed by atoms with van der Waals surface area (Å²) in [5.41, 5.74) is 8.50. The van der Waals surface area contributed by atoms with Crippen LogP contribution >= 0.6 is 0 Å². The van der Waals surface area contributed by atoms with E-state index in [9.17, 15) is 20.1 Å². The SMILES string of the molecule is [N-]=[N+]=N[C@@H]1C(O)[C@@H](O)C(CO)O[C@H]1ON1C(=O)CC[C@@H]1O. The first-order valence-electron chi connectivity index (χ1n) is 6.33. The molecule has 0 aromatic rings. The number of amides is 1. The molecule has 2 fully saturated rings. The molecule has 0 aromatic heterocycles. The summed E-state index contributed by atoms with van der Waals surface area (Å²) < 4.78 is 5.19. The Morgan fingerprint density at radius 3 is 2.67 bits per heavy atom. The Bertz CT molecular complexity index is 443. The van der Waals surface area contributed by atoms with Crippen LogP contribution in [0.25, 0.3) is 10.4 Å². The van der Waals surface area contributed by atoms with Gasteiger partial charge in [0.05, 0.1) is 12.7 Å². The van der Waals surface area contributed by atoms with E-state index < -0.39 is 49.4 Å². The summed E-state index contributed by atoms with van der Waals surface area (Å²) in [4.78, 5) is 19.2. The van der Waals surface area contributed by atoms with Crippen LogP contribution in [-0.4, -0.2) is 74.9 Å². The number of aliphatic hydroxyl groups excluding tert-OH is 4. The van der Waals surface area contributed by atoms with Gasteiger partial charge in [0.1, 0.15) is 18.2 Å². The lowest BCUT2D eigenvalue weighted by molar-refractivity contribution is -0.344. The van der Waals surface area contributed by atoms with Gasteiger partial charge in [-0.3, -0.25) is 4.79 Å². The number of ether oxygens (including phenoxy) is 1. The molecule has 2 rings (SSSR count). The fraction of sp³-hybridized carbons (Fsp3) is 0.900. The van der Waals surface area contributed by atoms with Crippen molar-refractivity contribution in [2.45, 2.75) is 49.7 Å². The van der Waals surface area contributed by atoms with Gasteiger partial charge < -0.3 is 25.2 Å². The number of carbonyl (C=O) groups is 1. The van der Waals surface area contributed by atoms with Crippen molar-refractivity contribution in [3.8, 4) is 0 Å². The molecule has 0 saturated carbocycles. The van der Waals surface area contributed by atoms with Gasteiger partial charge in [-0.05, 0) is 5.53 Å². The van der Waals surface area contributed by atoms with E-state index in [0.29, 0.717) is 5.06 Å². The van der Waals surface area contributed by atoms with Crippen LogP contribution in [0.5, 0.6) is 0 Å². The van der Waals surface area contributed by atoms with Gasteiger partial charge in [0.15, 0.2) is 12.5 Å². The second-order valence-electron chi connectivity index (χ2n) is 4.75. The molecule has 2 saturated heterocycles. The number of hydrogen-bond acceptors (Lipinski definition) is 8. The Morgan fingerprint density at radius 2 is 2.14 bits per heavy atom. The lowest BCUT2D eigenvalue weighted by Gasteiger charge is -2.41. The maximum absolute atomic E-state index is 11.5. The van der Waals surface area contributed by atoms with E-state index in [1.165, 1.54) is 0 Å². The minimum Gasteiger partial charge on any atom is -0.394 e. The van der Waals surface area contributed by atoms with Gasteiger partial charge >= 0.3 is 0 Å². The fourth-order valence-electron chi connectivity index (χ4n) is 2.22. The summed E-state index contributed by atoms with van der Waals surface area (Å²) >= 11 is 0. The van der Waals surface area contributed by atoms with Crippen LogP contribution < -0.4 is 0 Å². The van der Waals surface area contributed by atoms with Gasteiger partial charge in [0.25, 0.3) is 0 Å². The number of aliphatic hydroxyl groups is 4. The molecule has 21 heavy (non-hydrogen) atoms. The molecule has 11 heteroatoms. The molecular weight excluding hydrogens is 288 g/mol. The molecule has 1 amide bonds. The molecule has 2 aliphatic heterocycles. The summed E-state index contributed by atoms with van der Waals surface area (Å²) in [6.07, 6.45) is -6.56. The third kappa shape index (κ3) is 3.09. The Kier molecular flexibility index (Phi) is 4.96. The Labute approximate surface area is 118 Å². The molecular formula is C10H16N4O7. The zero-order valence-corrected chi connectivity index (χ0v) is 10.9. The first kappa shape index (κ1) is 15.9. The first-order chi connectivity index (χ1) is 9.99. The van der Waals surface area contributed by atoms with E-state index in [1.807, 2.05) is 0 Å². The molecule has 2 aliphatic rings. The van der Waals surface area contributed by atoms with Gasteiger partial charge in [-0.25, -0.2) is 4.84 Å². The topological polar surface area (TPSA) is 168 Å². The molecule has 0 aromatic carbocycles. The van der Waals surface area contributed by atoms with Gasteiger partial charge in [-0.15, -0.1) is 0 Å². The Morgan fingerprint density at radius 1 is 1.43 bits per heavy atom. The molecule has 2 heterocycles. The average molecular weight is 304 g/mol. The molecule has 0 aliphatic carbocycles. The summed E-state index contributed by atoms with van der Waals surface area (Å²) in [6, 6.07) is -1.34. The van der Waals surface area contributed by atoms with Crippen molar-refractivity contribution < 1.29 is 34.8 Å². The van der Waals surface area contributed by atoms with Crippen LogP contribution in [0.3, 0.4) is 0 Å². The van der Waals surface area contributed by atoms with Crippen molar-refractivity contribution >= 4 is 5.91 Å². The number of azide groups is 1. The van der Waals surface area contributed by atoms with Gasteiger partial charge in [-0.2, -0.15) is 5.06 Å². The zero-order valence-electron chi connectivity index (χ0n) is 10.9. The Hall–Kier alpha value is -1.46. The number of hydrogen-bond donors (Lipinski definition) is 4. The predicted octanol–water partition coefficient (Wildman–Crippen LogP) is -2.02. The van der Waals surface area contributed by atoms with Crippen molar-refractivity contribution in [3.63, 3.8) is 0 Å². The van der Waals surface area contributed by atoms with Crippen molar-refractivity contribution in [3.05, 3.63) is 10.4 Å². The van der Waals surface area contributed by atoms with Crippen LogP contribution in [0, 0.1) is 0 Å². The van der Waals surface area contributed by atoms with Crippen molar-refractivity contribution in [2.75, 3.05) is 6.61 Å². The number of carbonyl (C=O) groups excluding carboxylic acids is 1. The lowest BCUT2D eigenvalue weighted by atomic mass is 9.98. The fourth-order valence-corrected chi connectivity index (χ4v) is 2.22. The lowest BCUT2D eigenvalue weighted by Crippen LogP contribution is -2.59. The standard InChI is InChI=1S/C10H16N4O7/c11-13-12-7-9(19)8(18)4(3-15)20-10(7)21-14-5(16)1-2-6(14)17/h4-5,7-10,15-16,18-19H,1-3H2/t4?,5-,7+,8-,9?,10-/m0/s1. The van der Waals surface area contributed by atoms with E-state index in [-0.39, 0.29) is 12.8 Å². The maximum atomic E-state index is 11.5. The van der Waals surface area contributed by atoms with Crippen LogP contribution in [0.4, 0.5) is 0 Å². The van der Waals surface area contributed by atoms with Crippen molar-refractivity contribution in [1.82, 2.24) is 5.06 Å². The van der Waals surface area contributed by atoms with Gasteiger partial charge in [0, 0.05) is 17.8 Å². The molecule has 118 valence electrons. The highest BCUT2D eigenvalue weighted by Gasteiger charge is 2.47. The third-order valence-corrected chi connectivity index (χ3v) is 3.38. The second-order valence-corrected chi connectivity index (χ2v) is 4.75. The third-order valence-electron chi connectivity index (χ3n) is 3.38. The minimum atomic E-state index is -1.55. The van der Waals surface area contributed by atoms with Crippen molar-refractivity contribution in [2.24, 2.45) is 5.11 Å². The van der Waals surface area contributed by atoms with Gasteiger partial charge in [-0.1, -0.05) is 5.11 Å². The van der Waals surface area contributed by atoms with E-state index in [4.69, 9.17) is 20.2 Å². The highest BCUT2D eigenvalue weighted by Crippen LogP contribution is 2.27. The van der Waals surface area contributed by atoms with E-state index in [0.717, 1.165) is 0 Å². The molecule has 4 N–H and O–H groups in total. The van der Waals surface area contributed by atoms with E-state index in [2.05, 4.69) is 10.0 Å². The summed E-state index contributed by atoms with van der Waals surface area (Å²) in [6.45, 7) is -0.614. The number of rotatable bonds is 4. The minimum absolute atomic E-state index is 0.0781. The largest absolute Gasteiger partial charge is 0.394 e. The van der Waals surface area contributed by atoms with Crippen molar-refractivity contribution in [1.29, 1.82) is 0 Å². The summed E-state index contributed by atoms with van der Waals surface area (Å²) in [7, 11) is 0. The van der Waals surface area contributed by atoms with Crippen LogP contribution in [0.1, 0.15) is 12.8 Å². The predicted molar refractivity (Wildman–Crippen MR) is 63.9 cm³/mol. The molecule has 0 radical (unpaired) electrons. The smallest absolute Gasteiger partial charge is 0.248 e. The zero-order chi connectivity index (χ0) is 15.6. The molecule has 11 nitrogen and oxygen atoms in total. The molecule has 2 unspecified atom stereocenters. The van der Waals surface area contributed by atoms with Crippen LogP contribution in [-0.2, 0) is 14.4 Å². The van der Waals surface area contributed by atoms with Crippen LogP contribution in [0.15, 0.2) is 5.11 Å². The number of hydroxylamine groups is 2. The quantitative estimate of drug-likeness (QED) is 0.264. The monoisotopic (exact) mass is 304 g/mol. The second kappa shape index (κ2) is 6.54. The summed E-state index contributed by atoms with van der Waals surface area (Å²) in [5, 5.41) is 42.3. The van der Waals surface area contributed by atoms with Gasteiger partial charge in [0.2, 0.25) is 5.91 Å². The Balaban J connectivity index is 2.17. The molecule has 0 spiro atoms.